The number of ether oxygens (including phenoxy) is 1. The van der Waals surface area contributed by atoms with Gasteiger partial charge in [0.15, 0.2) is 0 Å². The predicted octanol–water partition coefficient (Wildman–Crippen LogP) is 1.01. The molecule has 0 bridgehead atoms. The first-order valence-electron chi connectivity index (χ1n) is 7.49. The van der Waals surface area contributed by atoms with Crippen LogP contribution in [-0.2, 0) is 14.8 Å². The minimum atomic E-state index is -3.08. The molecule has 1 heterocycles. The number of piperidine rings is 1. The molecule has 112 valence electrons. The Balaban J connectivity index is 1.55. The Morgan fingerprint density at radius 1 is 1.11 bits per heavy atom. The van der Waals surface area contributed by atoms with Crippen LogP contribution < -0.4 is 10.0 Å². The largest absolute Gasteiger partial charge is 0.378 e. The summed E-state index contributed by atoms with van der Waals surface area (Å²) in [5.74, 6) is 0. The van der Waals surface area contributed by atoms with Gasteiger partial charge in [-0.15, -0.1) is 0 Å². The minimum absolute atomic E-state index is 0.155. The van der Waals surface area contributed by atoms with E-state index in [4.69, 9.17) is 4.74 Å². The van der Waals surface area contributed by atoms with Gasteiger partial charge in [-0.3, -0.25) is 0 Å². The molecular weight excluding hydrogens is 264 g/mol. The summed E-state index contributed by atoms with van der Waals surface area (Å²) in [5.41, 5.74) is 0. The van der Waals surface area contributed by atoms with E-state index in [1.54, 1.807) is 0 Å². The molecular formula is C13H26N2O3S. The molecule has 0 spiro atoms. The quantitative estimate of drug-likeness (QED) is 0.687. The molecule has 1 saturated carbocycles. The Hall–Kier alpha value is -0.170. The van der Waals surface area contributed by atoms with Gasteiger partial charge in [-0.1, -0.05) is 12.8 Å². The predicted molar refractivity (Wildman–Crippen MR) is 75.6 cm³/mol. The van der Waals surface area contributed by atoms with Gasteiger partial charge in [0.25, 0.3) is 0 Å². The van der Waals surface area contributed by atoms with Crippen LogP contribution in [0.15, 0.2) is 0 Å². The van der Waals surface area contributed by atoms with Crippen LogP contribution in [0.5, 0.6) is 0 Å². The molecule has 1 aliphatic heterocycles. The molecule has 6 heteroatoms. The van der Waals surface area contributed by atoms with E-state index in [-0.39, 0.29) is 5.25 Å². The number of hydrogen-bond acceptors (Lipinski definition) is 4. The zero-order valence-corrected chi connectivity index (χ0v) is 12.4. The molecule has 2 rings (SSSR count). The summed E-state index contributed by atoms with van der Waals surface area (Å²) in [6.45, 7) is 3.21. The first kappa shape index (κ1) is 15.2. The van der Waals surface area contributed by atoms with Gasteiger partial charge in [-0.25, -0.2) is 13.1 Å². The lowest BCUT2D eigenvalue weighted by Crippen LogP contribution is -2.35. The van der Waals surface area contributed by atoms with Crippen LogP contribution in [0, 0.1) is 0 Å². The summed E-state index contributed by atoms with van der Waals surface area (Å²) in [7, 11) is -3.08. The second-order valence-electron chi connectivity index (χ2n) is 5.52. The Labute approximate surface area is 116 Å². The average molecular weight is 290 g/mol. The lowest BCUT2D eigenvalue weighted by Gasteiger charge is -2.23. The van der Waals surface area contributed by atoms with E-state index in [0.717, 1.165) is 58.0 Å². The summed E-state index contributed by atoms with van der Waals surface area (Å²) >= 11 is 0. The fourth-order valence-electron chi connectivity index (χ4n) is 2.82. The highest BCUT2D eigenvalue weighted by Crippen LogP contribution is 2.23. The Morgan fingerprint density at radius 3 is 2.47 bits per heavy atom. The van der Waals surface area contributed by atoms with Crippen molar-refractivity contribution in [2.45, 2.75) is 56.3 Å². The SMILES string of the molecule is O=S(=O)(NCCCOC1CCNCC1)C1CCCC1. The fourth-order valence-corrected chi connectivity index (χ4v) is 4.43. The van der Waals surface area contributed by atoms with Crippen LogP contribution in [0.2, 0.25) is 0 Å². The third-order valence-corrected chi connectivity index (χ3v) is 5.96. The van der Waals surface area contributed by atoms with E-state index in [1.165, 1.54) is 0 Å². The summed E-state index contributed by atoms with van der Waals surface area (Å²) in [6.07, 6.45) is 6.97. The molecule has 19 heavy (non-hydrogen) atoms. The van der Waals surface area contributed by atoms with Crippen molar-refractivity contribution < 1.29 is 13.2 Å². The van der Waals surface area contributed by atoms with Crippen LogP contribution in [-0.4, -0.2) is 46.0 Å². The van der Waals surface area contributed by atoms with E-state index < -0.39 is 10.0 Å². The molecule has 1 aliphatic carbocycles. The number of hydrogen-bond donors (Lipinski definition) is 2. The summed E-state index contributed by atoms with van der Waals surface area (Å²) in [5, 5.41) is 3.14. The monoisotopic (exact) mass is 290 g/mol. The van der Waals surface area contributed by atoms with Gasteiger partial charge in [0.05, 0.1) is 11.4 Å². The van der Waals surface area contributed by atoms with E-state index in [0.29, 0.717) is 19.3 Å². The summed E-state index contributed by atoms with van der Waals surface area (Å²) in [4.78, 5) is 0. The molecule has 0 unspecified atom stereocenters. The first-order valence-corrected chi connectivity index (χ1v) is 9.04. The normalized spacial score (nSPS) is 22.9. The topological polar surface area (TPSA) is 67.4 Å². The van der Waals surface area contributed by atoms with Gasteiger partial charge >= 0.3 is 0 Å². The third kappa shape index (κ3) is 5.02. The molecule has 0 amide bonds. The molecule has 0 aromatic carbocycles. The Bertz CT molecular complexity index is 347. The first-order chi connectivity index (χ1) is 9.18. The molecule has 2 fully saturated rings. The van der Waals surface area contributed by atoms with E-state index >= 15 is 0 Å². The lowest BCUT2D eigenvalue weighted by molar-refractivity contribution is 0.0322. The van der Waals surface area contributed by atoms with Crippen LogP contribution in [0.4, 0.5) is 0 Å². The van der Waals surface area contributed by atoms with Crippen molar-refractivity contribution in [3.8, 4) is 0 Å². The summed E-state index contributed by atoms with van der Waals surface area (Å²) in [6, 6.07) is 0. The fraction of sp³-hybridized carbons (Fsp3) is 1.00. The zero-order chi connectivity index (χ0) is 13.6. The van der Waals surface area contributed by atoms with E-state index in [2.05, 4.69) is 10.0 Å². The van der Waals surface area contributed by atoms with Crippen molar-refractivity contribution in [2.75, 3.05) is 26.2 Å². The summed E-state index contributed by atoms with van der Waals surface area (Å²) < 4.78 is 32.3. The lowest BCUT2D eigenvalue weighted by atomic mass is 10.1. The van der Waals surface area contributed by atoms with Gasteiger partial charge < -0.3 is 10.1 Å². The maximum absolute atomic E-state index is 11.9. The third-order valence-electron chi connectivity index (χ3n) is 4.01. The maximum Gasteiger partial charge on any atom is 0.214 e. The van der Waals surface area contributed by atoms with Crippen molar-refractivity contribution in [1.29, 1.82) is 0 Å². The molecule has 0 aromatic rings. The molecule has 0 radical (unpaired) electrons. The molecule has 5 nitrogen and oxygen atoms in total. The van der Waals surface area contributed by atoms with Crippen LogP contribution >= 0.6 is 0 Å². The smallest absolute Gasteiger partial charge is 0.214 e. The van der Waals surface area contributed by atoms with Crippen LogP contribution in [0.25, 0.3) is 0 Å². The van der Waals surface area contributed by atoms with E-state index in [1.807, 2.05) is 0 Å². The minimum Gasteiger partial charge on any atom is -0.378 e. The van der Waals surface area contributed by atoms with Gasteiger partial charge in [0.2, 0.25) is 10.0 Å². The van der Waals surface area contributed by atoms with Crippen molar-refractivity contribution >= 4 is 10.0 Å². The Morgan fingerprint density at radius 2 is 1.79 bits per heavy atom. The van der Waals surface area contributed by atoms with Crippen LogP contribution in [0.1, 0.15) is 44.9 Å². The van der Waals surface area contributed by atoms with Gasteiger partial charge in [0.1, 0.15) is 0 Å². The van der Waals surface area contributed by atoms with E-state index in [9.17, 15) is 8.42 Å². The average Bonchev–Trinajstić information content (AvgIpc) is 2.94. The molecule has 2 aliphatic rings. The maximum atomic E-state index is 11.9. The van der Waals surface area contributed by atoms with Gasteiger partial charge in [-0.2, -0.15) is 0 Å². The second-order valence-corrected chi connectivity index (χ2v) is 7.56. The van der Waals surface area contributed by atoms with Crippen LogP contribution in [0.3, 0.4) is 0 Å². The highest BCUT2D eigenvalue weighted by molar-refractivity contribution is 7.90. The number of sulfonamides is 1. The van der Waals surface area contributed by atoms with Crippen molar-refractivity contribution in [2.24, 2.45) is 0 Å². The van der Waals surface area contributed by atoms with Crippen molar-refractivity contribution in [3.05, 3.63) is 0 Å². The number of rotatable bonds is 7. The highest BCUT2D eigenvalue weighted by Gasteiger charge is 2.27. The van der Waals surface area contributed by atoms with Gasteiger partial charge in [0, 0.05) is 13.2 Å². The van der Waals surface area contributed by atoms with Gasteiger partial charge in [-0.05, 0) is 45.2 Å². The number of nitrogens with one attached hydrogen (secondary N) is 2. The standard InChI is InChI=1S/C13H26N2O3S/c16-19(17,13-4-1-2-5-13)15-8-3-11-18-12-6-9-14-10-7-12/h12-15H,1-11H2. The molecule has 2 N–H and O–H groups in total. The van der Waals surface area contributed by atoms with Crippen molar-refractivity contribution in [1.82, 2.24) is 10.0 Å². The molecule has 0 aromatic heterocycles. The van der Waals surface area contributed by atoms with Crippen molar-refractivity contribution in [3.63, 3.8) is 0 Å². The highest BCUT2D eigenvalue weighted by atomic mass is 32.2. The zero-order valence-electron chi connectivity index (χ0n) is 11.6. The molecule has 0 atom stereocenters. The second kappa shape index (κ2) is 7.57. The molecule has 1 saturated heterocycles. The Kier molecular flexibility index (Phi) is 6.06.